The van der Waals surface area contributed by atoms with E-state index in [0.717, 1.165) is 22.0 Å². The maximum Gasteiger partial charge on any atom is 0.274 e. The van der Waals surface area contributed by atoms with Crippen LogP contribution >= 0.6 is 23.2 Å². The maximum absolute atomic E-state index is 13.6. The van der Waals surface area contributed by atoms with E-state index in [1.165, 1.54) is 18.2 Å². The van der Waals surface area contributed by atoms with Crippen LogP contribution < -0.4 is 0 Å². The number of benzene rings is 2. The summed E-state index contributed by atoms with van der Waals surface area (Å²) in [6.07, 6.45) is 4.71. The number of carbonyl (C=O) groups is 4. The minimum absolute atomic E-state index is 0.0229. The predicted octanol–water partition coefficient (Wildman–Crippen LogP) is 4.35. The SMILES string of the molecule is Cc1ccc(C(=O)CN(C(=O)c2ccc(Cl)cc2Cl)N2C(=O)[C@@H]3[C@@H](C2=O)[C@H]2C=C[C@H]3C2)cc1. The van der Waals surface area contributed by atoms with Crippen molar-refractivity contribution in [3.63, 3.8) is 0 Å². The molecule has 2 aliphatic carbocycles. The summed E-state index contributed by atoms with van der Waals surface area (Å²) >= 11 is 12.2. The van der Waals surface area contributed by atoms with Gasteiger partial charge in [0.25, 0.3) is 17.7 Å². The van der Waals surface area contributed by atoms with Gasteiger partial charge in [0.15, 0.2) is 5.78 Å². The summed E-state index contributed by atoms with van der Waals surface area (Å²) in [5.74, 6) is -3.05. The first-order chi connectivity index (χ1) is 15.8. The van der Waals surface area contributed by atoms with E-state index in [2.05, 4.69) is 0 Å². The molecule has 0 aromatic heterocycles. The normalized spacial score (nSPS) is 25.0. The van der Waals surface area contributed by atoms with E-state index in [9.17, 15) is 19.2 Å². The Morgan fingerprint density at radius 2 is 1.58 bits per heavy atom. The highest BCUT2D eigenvalue weighted by atomic mass is 35.5. The van der Waals surface area contributed by atoms with E-state index in [-0.39, 0.29) is 22.4 Å². The Morgan fingerprint density at radius 3 is 2.15 bits per heavy atom. The van der Waals surface area contributed by atoms with Gasteiger partial charge < -0.3 is 0 Å². The molecule has 6 nitrogen and oxygen atoms in total. The van der Waals surface area contributed by atoms with Crippen molar-refractivity contribution in [1.29, 1.82) is 0 Å². The van der Waals surface area contributed by atoms with Crippen LogP contribution in [-0.4, -0.2) is 40.1 Å². The minimum Gasteiger partial charge on any atom is -0.292 e. The molecule has 168 valence electrons. The monoisotopic (exact) mass is 482 g/mol. The molecule has 3 aliphatic rings. The summed E-state index contributed by atoms with van der Waals surface area (Å²) in [6.45, 7) is 1.43. The molecular formula is C25H20Cl2N2O4. The second-order valence-electron chi connectivity index (χ2n) is 8.76. The van der Waals surface area contributed by atoms with Crippen molar-refractivity contribution in [2.45, 2.75) is 13.3 Å². The molecule has 3 amide bonds. The standard InChI is InChI=1S/C25H20Cl2N2O4/c1-13-2-4-14(5-3-13)20(30)12-28(23(31)18-9-8-17(26)11-19(18)27)29-24(32)21-15-6-7-16(10-15)22(21)25(29)33/h2-9,11,15-16,21-22H,10,12H2,1H3/t15-,16-,21-,22-/m0/s1. The predicted molar refractivity (Wildman–Crippen MR) is 123 cm³/mol. The number of allylic oxidation sites excluding steroid dienone is 2. The molecule has 1 saturated heterocycles. The number of halogens is 2. The lowest BCUT2D eigenvalue weighted by Gasteiger charge is -2.31. The molecule has 0 radical (unpaired) electrons. The summed E-state index contributed by atoms with van der Waals surface area (Å²) in [6, 6.07) is 11.2. The molecule has 2 aromatic carbocycles. The van der Waals surface area contributed by atoms with Gasteiger partial charge in [0, 0.05) is 10.6 Å². The van der Waals surface area contributed by atoms with Gasteiger partial charge in [-0.1, -0.05) is 65.2 Å². The van der Waals surface area contributed by atoms with Crippen LogP contribution in [0, 0.1) is 30.6 Å². The van der Waals surface area contributed by atoms with Crippen LogP contribution in [0.5, 0.6) is 0 Å². The number of Topliss-reactive ketones (excluding diaryl/α,β-unsaturated/α-hetero) is 1. The van der Waals surface area contributed by atoms with Gasteiger partial charge >= 0.3 is 0 Å². The van der Waals surface area contributed by atoms with Gasteiger partial charge in [-0.05, 0) is 43.4 Å². The molecule has 2 aromatic rings. The van der Waals surface area contributed by atoms with Gasteiger partial charge in [0.05, 0.1) is 22.4 Å². The lowest BCUT2D eigenvalue weighted by atomic mass is 9.85. The van der Waals surface area contributed by atoms with Crippen LogP contribution in [0.15, 0.2) is 54.6 Å². The number of aryl methyl sites for hydroxylation is 1. The average Bonchev–Trinajstić information content (AvgIpc) is 3.46. The molecule has 4 atom stereocenters. The minimum atomic E-state index is -0.709. The molecule has 5 rings (SSSR count). The maximum atomic E-state index is 13.6. The van der Waals surface area contributed by atoms with Gasteiger partial charge in [-0.2, -0.15) is 5.01 Å². The van der Waals surface area contributed by atoms with E-state index < -0.39 is 41.9 Å². The number of hydrogen-bond acceptors (Lipinski definition) is 4. The lowest BCUT2D eigenvalue weighted by Crippen LogP contribution is -2.52. The molecule has 1 saturated carbocycles. The number of carbonyl (C=O) groups excluding carboxylic acids is 4. The molecule has 0 unspecified atom stereocenters. The van der Waals surface area contributed by atoms with Gasteiger partial charge in [0.2, 0.25) is 0 Å². The van der Waals surface area contributed by atoms with Gasteiger partial charge in [-0.3, -0.25) is 19.2 Å². The van der Waals surface area contributed by atoms with Gasteiger partial charge in [-0.25, -0.2) is 5.01 Å². The first kappa shape index (κ1) is 21.9. The van der Waals surface area contributed by atoms with E-state index in [1.807, 2.05) is 19.1 Å². The Morgan fingerprint density at radius 1 is 0.970 bits per heavy atom. The van der Waals surface area contributed by atoms with E-state index in [0.29, 0.717) is 10.6 Å². The summed E-state index contributed by atoms with van der Waals surface area (Å²) in [5, 5.41) is 2.23. The summed E-state index contributed by atoms with van der Waals surface area (Å²) in [4.78, 5) is 53.4. The highest BCUT2D eigenvalue weighted by Crippen LogP contribution is 2.52. The molecule has 2 bridgehead atoms. The van der Waals surface area contributed by atoms with Crippen molar-refractivity contribution in [2.75, 3.05) is 6.54 Å². The van der Waals surface area contributed by atoms with E-state index in [4.69, 9.17) is 23.2 Å². The molecule has 0 spiro atoms. The van der Waals surface area contributed by atoms with Crippen molar-refractivity contribution in [3.05, 3.63) is 81.4 Å². The smallest absolute Gasteiger partial charge is 0.274 e. The Bertz CT molecular complexity index is 1190. The highest BCUT2D eigenvalue weighted by molar-refractivity contribution is 6.36. The van der Waals surface area contributed by atoms with Crippen molar-refractivity contribution in [2.24, 2.45) is 23.7 Å². The summed E-state index contributed by atoms with van der Waals surface area (Å²) in [5.41, 5.74) is 1.41. The molecule has 1 aliphatic heterocycles. The Hall–Kier alpha value is -2.96. The zero-order valence-corrected chi connectivity index (χ0v) is 19.2. The van der Waals surface area contributed by atoms with Gasteiger partial charge in [0.1, 0.15) is 6.54 Å². The first-order valence-electron chi connectivity index (χ1n) is 10.7. The first-order valence-corrected chi connectivity index (χ1v) is 11.4. The number of fused-ring (bicyclic) bond motifs is 5. The van der Waals surface area contributed by atoms with E-state index in [1.54, 1.807) is 24.3 Å². The third-order valence-corrected chi connectivity index (χ3v) is 7.30. The lowest BCUT2D eigenvalue weighted by molar-refractivity contribution is -0.154. The fourth-order valence-corrected chi connectivity index (χ4v) is 5.62. The molecule has 2 fully saturated rings. The van der Waals surface area contributed by atoms with Crippen LogP contribution in [0.4, 0.5) is 0 Å². The topological polar surface area (TPSA) is 74.8 Å². The van der Waals surface area contributed by atoms with Crippen molar-refractivity contribution in [1.82, 2.24) is 10.0 Å². The Kier molecular flexibility index (Phi) is 5.38. The molecule has 8 heteroatoms. The van der Waals surface area contributed by atoms with Crippen LogP contribution in [0.3, 0.4) is 0 Å². The Balaban J connectivity index is 1.52. The van der Waals surface area contributed by atoms with Crippen LogP contribution in [0.1, 0.15) is 32.7 Å². The second-order valence-corrected chi connectivity index (χ2v) is 9.61. The summed E-state index contributed by atoms with van der Waals surface area (Å²) < 4.78 is 0. The zero-order chi connectivity index (χ0) is 23.4. The Labute approximate surface area is 200 Å². The fourth-order valence-electron chi connectivity index (χ4n) is 5.13. The number of amides is 3. The van der Waals surface area contributed by atoms with Crippen LogP contribution in [0.2, 0.25) is 10.0 Å². The quantitative estimate of drug-likeness (QED) is 0.360. The third kappa shape index (κ3) is 3.58. The van der Waals surface area contributed by atoms with Crippen LogP contribution in [-0.2, 0) is 9.59 Å². The van der Waals surface area contributed by atoms with Crippen molar-refractivity contribution in [3.8, 4) is 0 Å². The fraction of sp³-hybridized carbons (Fsp3) is 0.280. The average molecular weight is 483 g/mol. The zero-order valence-electron chi connectivity index (χ0n) is 17.7. The molecule has 1 heterocycles. The summed E-state index contributed by atoms with van der Waals surface area (Å²) in [7, 11) is 0. The number of nitrogens with zero attached hydrogens (tertiary/aromatic N) is 2. The number of hydrogen-bond donors (Lipinski definition) is 0. The second kappa shape index (κ2) is 8.12. The molecule has 0 N–H and O–H groups in total. The van der Waals surface area contributed by atoms with Crippen molar-refractivity contribution < 1.29 is 19.2 Å². The van der Waals surface area contributed by atoms with E-state index >= 15 is 0 Å². The number of imide groups is 1. The number of ketones is 1. The number of rotatable bonds is 5. The highest BCUT2D eigenvalue weighted by Gasteiger charge is 2.61. The molecular weight excluding hydrogens is 463 g/mol. The number of hydrazine groups is 1. The third-order valence-electron chi connectivity index (χ3n) is 6.75. The van der Waals surface area contributed by atoms with Crippen molar-refractivity contribution >= 4 is 46.7 Å². The largest absolute Gasteiger partial charge is 0.292 e. The van der Waals surface area contributed by atoms with Crippen LogP contribution in [0.25, 0.3) is 0 Å². The van der Waals surface area contributed by atoms with Gasteiger partial charge in [-0.15, -0.1) is 0 Å². The molecule has 33 heavy (non-hydrogen) atoms.